The first kappa shape index (κ1) is 21.0. The number of carbonyl (C=O) groups excluding carboxylic acids is 2. The van der Waals surface area contributed by atoms with Gasteiger partial charge in [-0.05, 0) is 68.5 Å². The van der Waals surface area contributed by atoms with Gasteiger partial charge in [0.25, 0.3) is 11.8 Å². The van der Waals surface area contributed by atoms with E-state index in [2.05, 4.69) is 11.4 Å². The SMILES string of the molecule is Cc1ccc(C)c(OCC(=O)NC2CCN(C(=O)c3ccc4c(c3)OCO4)CC2)c1C. The third-order valence-electron chi connectivity index (χ3n) is 5.99. The zero-order valence-corrected chi connectivity index (χ0v) is 18.2. The molecule has 0 aliphatic carbocycles. The van der Waals surface area contributed by atoms with Gasteiger partial charge >= 0.3 is 0 Å². The number of nitrogens with one attached hydrogen (secondary N) is 1. The van der Waals surface area contributed by atoms with Crippen molar-refractivity contribution in [3.8, 4) is 17.2 Å². The average molecular weight is 424 g/mol. The van der Waals surface area contributed by atoms with Crippen molar-refractivity contribution in [1.29, 1.82) is 0 Å². The van der Waals surface area contributed by atoms with Crippen LogP contribution in [0.5, 0.6) is 17.2 Å². The number of benzene rings is 2. The number of rotatable bonds is 5. The molecule has 0 bridgehead atoms. The highest BCUT2D eigenvalue weighted by Gasteiger charge is 2.26. The number of nitrogens with zero attached hydrogens (tertiary/aromatic N) is 1. The summed E-state index contributed by atoms with van der Waals surface area (Å²) >= 11 is 0. The van der Waals surface area contributed by atoms with Crippen molar-refractivity contribution in [3.05, 3.63) is 52.6 Å². The van der Waals surface area contributed by atoms with E-state index in [9.17, 15) is 9.59 Å². The second-order valence-corrected chi connectivity index (χ2v) is 8.14. The predicted octanol–water partition coefficient (Wildman–Crippen LogP) is 3.14. The fourth-order valence-corrected chi connectivity index (χ4v) is 3.99. The van der Waals surface area contributed by atoms with E-state index >= 15 is 0 Å². The van der Waals surface area contributed by atoms with Crippen molar-refractivity contribution in [2.45, 2.75) is 39.7 Å². The molecule has 31 heavy (non-hydrogen) atoms. The zero-order valence-electron chi connectivity index (χ0n) is 18.2. The van der Waals surface area contributed by atoms with Crippen molar-refractivity contribution in [2.75, 3.05) is 26.5 Å². The minimum absolute atomic E-state index is 0.0124. The van der Waals surface area contributed by atoms with Gasteiger partial charge in [0.05, 0.1) is 0 Å². The van der Waals surface area contributed by atoms with Gasteiger partial charge in [-0.3, -0.25) is 9.59 Å². The molecule has 7 heteroatoms. The van der Waals surface area contributed by atoms with E-state index in [-0.39, 0.29) is 31.3 Å². The van der Waals surface area contributed by atoms with Gasteiger partial charge in [-0.1, -0.05) is 12.1 Å². The number of carbonyl (C=O) groups is 2. The summed E-state index contributed by atoms with van der Waals surface area (Å²) in [6.07, 6.45) is 1.43. The van der Waals surface area contributed by atoms with Gasteiger partial charge < -0.3 is 24.4 Å². The topological polar surface area (TPSA) is 77.1 Å². The van der Waals surface area contributed by atoms with Gasteiger partial charge in [0, 0.05) is 24.7 Å². The molecule has 0 atom stereocenters. The highest BCUT2D eigenvalue weighted by Crippen LogP contribution is 2.33. The molecule has 1 saturated heterocycles. The number of ether oxygens (including phenoxy) is 3. The van der Waals surface area contributed by atoms with Crippen LogP contribution >= 0.6 is 0 Å². The van der Waals surface area contributed by atoms with Crippen molar-refractivity contribution < 1.29 is 23.8 Å². The van der Waals surface area contributed by atoms with Crippen LogP contribution in [0.15, 0.2) is 30.3 Å². The van der Waals surface area contributed by atoms with Gasteiger partial charge in [-0.15, -0.1) is 0 Å². The van der Waals surface area contributed by atoms with Crippen LogP contribution in [0.1, 0.15) is 39.9 Å². The number of hydrogen-bond acceptors (Lipinski definition) is 5. The number of likely N-dealkylation sites (tertiary alicyclic amines) is 1. The summed E-state index contributed by atoms with van der Waals surface area (Å²) in [5.74, 6) is 1.88. The van der Waals surface area contributed by atoms with Crippen LogP contribution in [0.25, 0.3) is 0 Å². The molecule has 1 fully saturated rings. The monoisotopic (exact) mass is 424 g/mol. The first-order valence-electron chi connectivity index (χ1n) is 10.6. The number of fused-ring (bicyclic) bond motifs is 1. The van der Waals surface area contributed by atoms with Crippen LogP contribution in [0.2, 0.25) is 0 Å². The maximum Gasteiger partial charge on any atom is 0.258 e. The Morgan fingerprint density at radius 3 is 2.52 bits per heavy atom. The lowest BCUT2D eigenvalue weighted by atomic mass is 10.0. The van der Waals surface area contributed by atoms with Crippen LogP contribution in [0, 0.1) is 20.8 Å². The Labute approximate surface area is 182 Å². The van der Waals surface area contributed by atoms with Crippen LogP contribution in [0.3, 0.4) is 0 Å². The third kappa shape index (κ3) is 4.60. The zero-order chi connectivity index (χ0) is 22.0. The highest BCUT2D eigenvalue weighted by molar-refractivity contribution is 5.95. The normalized spacial score (nSPS) is 15.6. The van der Waals surface area contributed by atoms with E-state index in [1.165, 1.54) is 0 Å². The van der Waals surface area contributed by atoms with Crippen LogP contribution in [0.4, 0.5) is 0 Å². The standard InChI is InChI=1S/C24H28N2O5/c1-15-4-5-16(2)23(17(15)3)29-13-22(27)25-19-8-10-26(11-9-19)24(28)18-6-7-20-21(12-18)31-14-30-20/h4-7,12,19H,8-11,13-14H2,1-3H3,(H,25,27). The summed E-state index contributed by atoms with van der Waals surface area (Å²) in [5.41, 5.74) is 3.80. The lowest BCUT2D eigenvalue weighted by molar-refractivity contribution is -0.124. The lowest BCUT2D eigenvalue weighted by Gasteiger charge is -2.32. The summed E-state index contributed by atoms with van der Waals surface area (Å²) in [6.45, 7) is 7.37. The van der Waals surface area contributed by atoms with E-state index in [1.807, 2.05) is 31.7 Å². The first-order valence-corrected chi connectivity index (χ1v) is 10.6. The number of amides is 2. The summed E-state index contributed by atoms with van der Waals surface area (Å²) in [7, 11) is 0. The van der Waals surface area contributed by atoms with E-state index in [0.29, 0.717) is 43.0 Å². The van der Waals surface area contributed by atoms with Gasteiger partial charge in [-0.25, -0.2) is 0 Å². The number of aryl methyl sites for hydroxylation is 2. The maximum absolute atomic E-state index is 12.8. The second-order valence-electron chi connectivity index (χ2n) is 8.14. The van der Waals surface area contributed by atoms with Gasteiger partial charge in [0.2, 0.25) is 6.79 Å². The molecule has 2 aromatic carbocycles. The van der Waals surface area contributed by atoms with E-state index < -0.39 is 0 Å². The largest absolute Gasteiger partial charge is 0.483 e. The fourth-order valence-electron chi connectivity index (χ4n) is 3.99. The maximum atomic E-state index is 12.8. The number of hydrogen-bond donors (Lipinski definition) is 1. The molecule has 0 radical (unpaired) electrons. The molecule has 164 valence electrons. The smallest absolute Gasteiger partial charge is 0.258 e. The minimum Gasteiger partial charge on any atom is -0.483 e. The Kier molecular flexibility index (Phi) is 6.02. The van der Waals surface area contributed by atoms with Crippen molar-refractivity contribution >= 4 is 11.8 Å². The predicted molar refractivity (Wildman–Crippen MR) is 116 cm³/mol. The first-order chi connectivity index (χ1) is 14.9. The quantitative estimate of drug-likeness (QED) is 0.798. The van der Waals surface area contributed by atoms with Gasteiger partial charge in [-0.2, -0.15) is 0 Å². The van der Waals surface area contributed by atoms with Crippen molar-refractivity contribution in [1.82, 2.24) is 10.2 Å². The third-order valence-corrected chi connectivity index (χ3v) is 5.99. The Morgan fingerprint density at radius 2 is 1.74 bits per heavy atom. The summed E-state index contributed by atoms with van der Waals surface area (Å²) in [5, 5.41) is 3.04. The summed E-state index contributed by atoms with van der Waals surface area (Å²) in [4.78, 5) is 27.0. The Balaban J connectivity index is 1.26. The molecular weight excluding hydrogens is 396 g/mol. The summed E-state index contributed by atoms with van der Waals surface area (Å²) < 4.78 is 16.5. The molecule has 2 aliphatic rings. The van der Waals surface area contributed by atoms with Crippen molar-refractivity contribution in [3.63, 3.8) is 0 Å². The second kappa shape index (κ2) is 8.88. The molecule has 2 heterocycles. The van der Waals surface area contributed by atoms with E-state index in [4.69, 9.17) is 14.2 Å². The number of piperidine rings is 1. The Morgan fingerprint density at radius 1 is 1.03 bits per heavy atom. The van der Waals surface area contributed by atoms with Crippen molar-refractivity contribution in [2.24, 2.45) is 0 Å². The van der Waals surface area contributed by atoms with Crippen LogP contribution in [-0.2, 0) is 4.79 Å². The fraction of sp³-hybridized carbons (Fsp3) is 0.417. The Bertz CT molecular complexity index is 996. The molecule has 2 aliphatic heterocycles. The molecule has 7 nitrogen and oxygen atoms in total. The molecule has 2 amide bonds. The van der Waals surface area contributed by atoms with E-state index in [1.54, 1.807) is 18.2 Å². The molecule has 4 rings (SSSR count). The summed E-state index contributed by atoms with van der Waals surface area (Å²) in [6, 6.07) is 9.34. The molecule has 1 N–H and O–H groups in total. The molecule has 0 saturated carbocycles. The Hall–Kier alpha value is -3.22. The van der Waals surface area contributed by atoms with Crippen LogP contribution in [-0.4, -0.2) is 49.2 Å². The van der Waals surface area contributed by atoms with Crippen LogP contribution < -0.4 is 19.5 Å². The lowest BCUT2D eigenvalue weighted by Crippen LogP contribution is -2.47. The molecule has 0 spiro atoms. The van der Waals surface area contributed by atoms with E-state index in [0.717, 1.165) is 22.4 Å². The molecule has 0 unspecified atom stereocenters. The van der Waals surface area contributed by atoms with Gasteiger partial charge in [0.15, 0.2) is 18.1 Å². The highest BCUT2D eigenvalue weighted by atomic mass is 16.7. The minimum atomic E-state index is -0.138. The molecule has 0 aromatic heterocycles. The average Bonchev–Trinajstić information content (AvgIpc) is 3.24. The van der Waals surface area contributed by atoms with Gasteiger partial charge in [0.1, 0.15) is 5.75 Å². The molecular formula is C24H28N2O5. The molecule has 2 aromatic rings.